The minimum Gasteiger partial charge on any atom is -0.487 e. The van der Waals surface area contributed by atoms with E-state index < -0.39 is 0 Å². The number of hydrazone groups is 1. The predicted octanol–water partition coefficient (Wildman–Crippen LogP) is 3.53. The maximum atomic E-state index is 6.25. The molecule has 0 aliphatic carbocycles. The number of hydrogen-bond acceptors (Lipinski definition) is 6. The first kappa shape index (κ1) is 16.2. The Hall–Kier alpha value is -2.64. The van der Waals surface area contributed by atoms with Gasteiger partial charge in [-0.1, -0.05) is 58.6 Å². The first-order valence-corrected chi connectivity index (χ1v) is 7.66. The van der Waals surface area contributed by atoms with Crippen LogP contribution in [0.3, 0.4) is 0 Å². The molecule has 0 unspecified atom stereocenters. The molecule has 2 aromatic carbocycles. The maximum absolute atomic E-state index is 6.25. The number of rotatable bonds is 6. The minimum absolute atomic E-state index is 0.242. The molecular formula is C15H12Cl2N6O. The van der Waals surface area contributed by atoms with Gasteiger partial charge in [0.25, 0.3) is 5.95 Å². The molecule has 0 radical (unpaired) electrons. The fraction of sp³-hybridized carbons (Fsp3) is 0.0667. The summed E-state index contributed by atoms with van der Waals surface area (Å²) in [5.74, 6) is 0.731. The Morgan fingerprint density at radius 1 is 1.21 bits per heavy atom. The van der Waals surface area contributed by atoms with Crippen LogP contribution in [0.4, 0.5) is 5.95 Å². The zero-order valence-corrected chi connectivity index (χ0v) is 13.8. The summed E-state index contributed by atoms with van der Waals surface area (Å²) in [4.78, 5) is 0. The largest absolute Gasteiger partial charge is 0.487 e. The van der Waals surface area contributed by atoms with Crippen LogP contribution >= 0.6 is 23.2 Å². The molecule has 1 aromatic heterocycles. The lowest BCUT2D eigenvalue weighted by atomic mass is 10.2. The lowest BCUT2D eigenvalue weighted by Crippen LogP contribution is -2.00. The van der Waals surface area contributed by atoms with Crippen LogP contribution in [-0.2, 0) is 6.61 Å². The van der Waals surface area contributed by atoms with Gasteiger partial charge in [0.2, 0.25) is 0 Å². The van der Waals surface area contributed by atoms with Crippen LogP contribution in [0.5, 0.6) is 5.75 Å². The van der Waals surface area contributed by atoms with Gasteiger partial charge in [0.15, 0.2) is 0 Å². The molecular weight excluding hydrogens is 351 g/mol. The first-order chi connectivity index (χ1) is 11.7. The molecule has 1 heterocycles. The molecule has 0 atom stereocenters. The Morgan fingerprint density at radius 3 is 2.79 bits per heavy atom. The lowest BCUT2D eigenvalue weighted by molar-refractivity contribution is 0.306. The number of anilines is 1. The van der Waals surface area contributed by atoms with Gasteiger partial charge in [-0.2, -0.15) is 10.3 Å². The van der Waals surface area contributed by atoms with E-state index in [2.05, 4.69) is 31.2 Å². The van der Waals surface area contributed by atoms with Crippen LogP contribution in [0.1, 0.15) is 11.1 Å². The SMILES string of the molecule is Clc1cc(Cl)c(OCc2ccccc2)c(/C=N\Nc2nn[nH]n2)c1. The van der Waals surface area contributed by atoms with E-state index in [0.717, 1.165) is 5.56 Å². The second-order valence-corrected chi connectivity index (χ2v) is 5.53. The van der Waals surface area contributed by atoms with Crippen molar-refractivity contribution >= 4 is 35.4 Å². The molecule has 0 aliphatic heterocycles. The molecule has 0 fully saturated rings. The molecule has 3 aromatic rings. The standard InChI is InChI=1S/C15H12Cl2N6O/c16-12-6-11(8-18-19-15-20-22-23-21-15)14(13(17)7-12)24-9-10-4-2-1-3-5-10/h1-8H,9H2,(H2,19,20,21,22,23)/b18-8-. The van der Waals surface area contributed by atoms with Crippen molar-refractivity contribution in [3.8, 4) is 5.75 Å². The second-order valence-electron chi connectivity index (χ2n) is 4.69. The highest BCUT2D eigenvalue weighted by Crippen LogP contribution is 2.32. The van der Waals surface area contributed by atoms with Crippen LogP contribution in [0.25, 0.3) is 0 Å². The van der Waals surface area contributed by atoms with Crippen LogP contribution in [0.15, 0.2) is 47.6 Å². The van der Waals surface area contributed by atoms with Gasteiger partial charge in [-0.05, 0) is 22.9 Å². The Labute approximate surface area is 147 Å². The molecule has 0 aliphatic rings. The monoisotopic (exact) mass is 362 g/mol. The quantitative estimate of drug-likeness (QED) is 0.517. The number of aromatic nitrogens is 4. The Morgan fingerprint density at radius 2 is 2.04 bits per heavy atom. The highest BCUT2D eigenvalue weighted by atomic mass is 35.5. The summed E-state index contributed by atoms with van der Waals surface area (Å²) in [6, 6.07) is 13.1. The zero-order chi connectivity index (χ0) is 16.8. The molecule has 3 rings (SSSR count). The molecule has 0 saturated carbocycles. The smallest absolute Gasteiger partial charge is 0.283 e. The summed E-state index contributed by atoms with van der Waals surface area (Å²) < 4.78 is 5.84. The number of tetrazole rings is 1. The third-order valence-electron chi connectivity index (χ3n) is 2.98. The van der Waals surface area contributed by atoms with Gasteiger partial charge < -0.3 is 4.74 Å². The van der Waals surface area contributed by atoms with Crippen molar-refractivity contribution in [1.29, 1.82) is 0 Å². The normalized spacial score (nSPS) is 10.9. The van der Waals surface area contributed by atoms with Crippen molar-refractivity contribution < 1.29 is 4.74 Å². The maximum Gasteiger partial charge on any atom is 0.283 e. The third-order valence-corrected chi connectivity index (χ3v) is 3.48. The Bertz CT molecular complexity index is 823. The van der Waals surface area contributed by atoms with E-state index in [4.69, 9.17) is 27.9 Å². The van der Waals surface area contributed by atoms with E-state index >= 15 is 0 Å². The number of hydrogen-bond donors (Lipinski definition) is 2. The van der Waals surface area contributed by atoms with Crippen molar-refractivity contribution in [2.45, 2.75) is 6.61 Å². The molecule has 0 bridgehead atoms. The number of ether oxygens (including phenoxy) is 1. The number of nitrogens with one attached hydrogen (secondary N) is 2. The Balaban J connectivity index is 1.78. The van der Waals surface area contributed by atoms with Crippen LogP contribution in [0, 0.1) is 0 Å². The molecule has 2 N–H and O–H groups in total. The predicted molar refractivity (Wildman–Crippen MR) is 92.6 cm³/mol. The lowest BCUT2D eigenvalue weighted by Gasteiger charge is -2.11. The second kappa shape index (κ2) is 7.76. The molecule has 7 nitrogen and oxygen atoms in total. The summed E-state index contributed by atoms with van der Waals surface area (Å²) in [5, 5.41) is 18.1. The van der Waals surface area contributed by atoms with Crippen molar-refractivity contribution in [2.75, 3.05) is 5.43 Å². The van der Waals surface area contributed by atoms with Crippen LogP contribution in [-0.4, -0.2) is 26.8 Å². The zero-order valence-electron chi connectivity index (χ0n) is 12.3. The third kappa shape index (κ3) is 4.21. The highest BCUT2D eigenvalue weighted by Gasteiger charge is 2.10. The molecule has 0 saturated heterocycles. The summed E-state index contributed by atoms with van der Waals surface area (Å²) in [7, 11) is 0. The van der Waals surface area contributed by atoms with Gasteiger partial charge in [-0.25, -0.2) is 5.43 Å². The van der Waals surface area contributed by atoms with Gasteiger partial charge in [0.05, 0.1) is 11.2 Å². The topological polar surface area (TPSA) is 88.1 Å². The summed E-state index contributed by atoms with van der Waals surface area (Å²) in [6.45, 7) is 0.376. The van der Waals surface area contributed by atoms with E-state index in [9.17, 15) is 0 Å². The highest BCUT2D eigenvalue weighted by molar-refractivity contribution is 6.36. The van der Waals surface area contributed by atoms with Crippen LogP contribution < -0.4 is 10.2 Å². The number of aromatic amines is 1. The molecule has 0 amide bonds. The Kier molecular flexibility index (Phi) is 5.25. The minimum atomic E-state index is 0.242. The summed E-state index contributed by atoms with van der Waals surface area (Å²) in [6.07, 6.45) is 1.52. The summed E-state index contributed by atoms with van der Waals surface area (Å²) in [5.41, 5.74) is 4.27. The molecule has 0 spiro atoms. The van der Waals surface area contributed by atoms with Gasteiger partial charge in [-0.3, -0.25) is 0 Å². The fourth-order valence-electron chi connectivity index (χ4n) is 1.93. The molecule has 122 valence electrons. The van der Waals surface area contributed by atoms with E-state index in [1.165, 1.54) is 6.21 Å². The number of halogens is 2. The van der Waals surface area contributed by atoms with Crippen molar-refractivity contribution in [3.63, 3.8) is 0 Å². The molecule has 24 heavy (non-hydrogen) atoms. The summed E-state index contributed by atoms with van der Waals surface area (Å²) >= 11 is 12.3. The van der Waals surface area contributed by atoms with Crippen molar-refractivity contribution in [2.24, 2.45) is 5.10 Å². The fourth-order valence-corrected chi connectivity index (χ4v) is 2.49. The van der Waals surface area contributed by atoms with E-state index in [-0.39, 0.29) is 5.95 Å². The average Bonchev–Trinajstić information content (AvgIpc) is 3.08. The van der Waals surface area contributed by atoms with Gasteiger partial charge >= 0.3 is 0 Å². The van der Waals surface area contributed by atoms with E-state index in [1.807, 2.05) is 30.3 Å². The number of nitrogens with zero attached hydrogens (tertiary/aromatic N) is 4. The van der Waals surface area contributed by atoms with Gasteiger partial charge in [0.1, 0.15) is 12.4 Å². The molecule has 9 heteroatoms. The van der Waals surface area contributed by atoms with Crippen LogP contribution in [0.2, 0.25) is 10.0 Å². The van der Waals surface area contributed by atoms with Crippen molar-refractivity contribution in [3.05, 3.63) is 63.6 Å². The number of benzene rings is 2. The average molecular weight is 363 g/mol. The number of H-pyrrole nitrogens is 1. The van der Waals surface area contributed by atoms with E-state index in [1.54, 1.807) is 12.1 Å². The van der Waals surface area contributed by atoms with Gasteiger partial charge in [0, 0.05) is 10.6 Å². The first-order valence-electron chi connectivity index (χ1n) is 6.90. The van der Waals surface area contributed by atoms with Gasteiger partial charge in [-0.15, -0.1) is 5.10 Å². The van der Waals surface area contributed by atoms with Crippen molar-refractivity contribution in [1.82, 2.24) is 20.6 Å². The van der Waals surface area contributed by atoms with E-state index in [0.29, 0.717) is 28.0 Å².